The fourth-order valence-corrected chi connectivity index (χ4v) is 3.13. The van der Waals surface area contributed by atoms with Crippen molar-refractivity contribution in [3.05, 3.63) is 59.7 Å². The summed E-state index contributed by atoms with van der Waals surface area (Å²) in [4.78, 5) is 15.0. The van der Waals surface area contributed by atoms with Crippen molar-refractivity contribution in [3.63, 3.8) is 0 Å². The number of phenolic OH excluding ortho intramolecular Hbond substituents is 1. The van der Waals surface area contributed by atoms with Gasteiger partial charge in [0.1, 0.15) is 5.75 Å². The van der Waals surface area contributed by atoms with E-state index in [4.69, 9.17) is 0 Å². The van der Waals surface area contributed by atoms with Crippen molar-refractivity contribution in [1.29, 1.82) is 0 Å². The van der Waals surface area contributed by atoms with Gasteiger partial charge in [0, 0.05) is 24.1 Å². The minimum Gasteiger partial charge on any atom is -0.508 e. The van der Waals surface area contributed by atoms with Gasteiger partial charge in [-0.2, -0.15) is 0 Å². The highest BCUT2D eigenvalue weighted by atomic mass is 32.2. The number of nitrogens with zero attached hydrogens (tertiary/aromatic N) is 1. The molecule has 4 heteroatoms. The molecule has 0 aliphatic heterocycles. The zero-order chi connectivity index (χ0) is 17.7. The Balaban J connectivity index is 1.89. The van der Waals surface area contributed by atoms with Gasteiger partial charge in [-0.1, -0.05) is 51.1 Å². The summed E-state index contributed by atoms with van der Waals surface area (Å²) < 4.78 is 0. The number of hydrogen-bond acceptors (Lipinski definition) is 3. The monoisotopic (exact) mass is 343 g/mol. The maximum atomic E-state index is 12.3. The first kappa shape index (κ1) is 18.4. The minimum atomic E-state index is 0.0446. The largest absolute Gasteiger partial charge is 0.508 e. The summed E-state index contributed by atoms with van der Waals surface area (Å²) in [6.45, 7) is 6.97. The predicted octanol–water partition coefficient (Wildman–Crippen LogP) is 4.44. The van der Waals surface area contributed by atoms with Gasteiger partial charge in [-0.05, 0) is 29.2 Å². The van der Waals surface area contributed by atoms with Crippen molar-refractivity contribution < 1.29 is 9.90 Å². The smallest absolute Gasteiger partial charge is 0.232 e. The van der Waals surface area contributed by atoms with Gasteiger partial charge < -0.3 is 10.0 Å². The first-order chi connectivity index (χ1) is 11.3. The van der Waals surface area contributed by atoms with Crippen LogP contribution in [0, 0.1) is 0 Å². The summed E-state index contributed by atoms with van der Waals surface area (Å²) in [7, 11) is 1.76. The van der Waals surface area contributed by atoms with Crippen LogP contribution in [0.1, 0.15) is 31.9 Å². The van der Waals surface area contributed by atoms with E-state index in [1.807, 2.05) is 12.1 Å². The molecule has 1 N–H and O–H groups in total. The molecule has 0 unspecified atom stereocenters. The molecule has 0 bridgehead atoms. The Labute approximate surface area is 148 Å². The second-order valence-corrected chi connectivity index (χ2v) is 7.99. The van der Waals surface area contributed by atoms with Gasteiger partial charge in [0.2, 0.25) is 5.91 Å². The molecular formula is C20H25NO2S. The molecule has 0 spiro atoms. The molecule has 2 aromatic carbocycles. The number of thioether (sulfide) groups is 1. The Morgan fingerprint density at radius 2 is 1.71 bits per heavy atom. The maximum absolute atomic E-state index is 12.3. The molecule has 3 nitrogen and oxygen atoms in total. The third-order valence-electron chi connectivity index (χ3n) is 3.91. The van der Waals surface area contributed by atoms with Crippen LogP contribution >= 0.6 is 11.8 Å². The van der Waals surface area contributed by atoms with Gasteiger partial charge in [-0.25, -0.2) is 0 Å². The topological polar surface area (TPSA) is 40.5 Å². The van der Waals surface area contributed by atoms with Crippen molar-refractivity contribution >= 4 is 17.7 Å². The second-order valence-electron chi connectivity index (χ2n) is 6.94. The van der Waals surface area contributed by atoms with Gasteiger partial charge in [0.15, 0.2) is 0 Å². The van der Waals surface area contributed by atoms with Gasteiger partial charge >= 0.3 is 0 Å². The van der Waals surface area contributed by atoms with Gasteiger partial charge in [-0.15, -0.1) is 11.8 Å². The lowest BCUT2D eigenvalue weighted by molar-refractivity contribution is -0.127. The van der Waals surface area contributed by atoms with Crippen molar-refractivity contribution in [1.82, 2.24) is 4.90 Å². The first-order valence-corrected chi connectivity index (χ1v) is 9.00. The molecule has 0 aromatic heterocycles. The molecule has 0 aliphatic carbocycles. The summed E-state index contributed by atoms with van der Waals surface area (Å²) in [6.07, 6.45) is 0. The summed E-state index contributed by atoms with van der Waals surface area (Å²) in [6, 6.07) is 15.5. The molecule has 128 valence electrons. The lowest BCUT2D eigenvalue weighted by atomic mass is 9.87. The highest BCUT2D eigenvalue weighted by Gasteiger charge is 2.14. The van der Waals surface area contributed by atoms with E-state index in [0.29, 0.717) is 12.3 Å². The summed E-state index contributed by atoms with van der Waals surface area (Å²) in [5.41, 5.74) is 2.18. The molecule has 0 aliphatic rings. The Kier molecular flexibility index (Phi) is 5.94. The summed E-state index contributed by atoms with van der Waals surface area (Å²) in [5.74, 6) is 0.657. The number of carbonyl (C=O) groups is 1. The Hall–Kier alpha value is -1.94. The number of carbonyl (C=O) groups excluding carboxylic acids is 1. The molecule has 0 fully saturated rings. The molecule has 0 saturated carbocycles. The van der Waals surface area contributed by atoms with Crippen LogP contribution in [0.2, 0.25) is 0 Å². The lowest BCUT2D eigenvalue weighted by Crippen LogP contribution is -2.27. The molecule has 0 heterocycles. The highest BCUT2D eigenvalue weighted by molar-refractivity contribution is 8.00. The van der Waals surface area contributed by atoms with Gasteiger partial charge in [0.25, 0.3) is 0 Å². The summed E-state index contributed by atoms with van der Waals surface area (Å²) in [5, 5.41) is 9.80. The van der Waals surface area contributed by atoms with E-state index >= 15 is 0 Å². The average molecular weight is 343 g/mol. The molecule has 0 atom stereocenters. The van der Waals surface area contributed by atoms with E-state index < -0.39 is 0 Å². The van der Waals surface area contributed by atoms with E-state index in [-0.39, 0.29) is 17.1 Å². The Morgan fingerprint density at radius 1 is 1.08 bits per heavy atom. The Bertz CT molecular complexity index is 690. The van der Waals surface area contributed by atoms with Crippen LogP contribution in [0.5, 0.6) is 5.75 Å². The van der Waals surface area contributed by atoms with Crippen LogP contribution in [0.3, 0.4) is 0 Å². The number of benzene rings is 2. The Morgan fingerprint density at radius 3 is 2.29 bits per heavy atom. The van der Waals surface area contributed by atoms with E-state index in [1.165, 1.54) is 17.3 Å². The number of hydrogen-bond donors (Lipinski definition) is 1. The normalized spacial score (nSPS) is 11.3. The number of para-hydroxylation sites is 1. The molecule has 2 aromatic rings. The van der Waals surface area contributed by atoms with Crippen LogP contribution in [0.4, 0.5) is 0 Å². The lowest BCUT2D eigenvalue weighted by Gasteiger charge is -2.19. The van der Waals surface area contributed by atoms with E-state index in [0.717, 1.165) is 10.5 Å². The molecular weight excluding hydrogens is 318 g/mol. The molecule has 24 heavy (non-hydrogen) atoms. The number of amides is 1. The second kappa shape index (κ2) is 7.75. The van der Waals surface area contributed by atoms with Crippen LogP contribution in [-0.4, -0.2) is 28.7 Å². The molecule has 1 amide bonds. The number of phenols is 1. The third kappa shape index (κ3) is 5.03. The predicted molar refractivity (Wildman–Crippen MR) is 100 cm³/mol. The summed E-state index contributed by atoms with van der Waals surface area (Å²) >= 11 is 1.54. The maximum Gasteiger partial charge on any atom is 0.232 e. The molecule has 0 saturated heterocycles. The standard InChI is InChI=1S/C20H25NO2S/c1-20(2,3)16-9-11-17(12-10-16)24-14-19(23)21(4)13-15-7-5-6-8-18(15)22/h5-12,22H,13-14H2,1-4H3. The third-order valence-corrected chi connectivity index (χ3v) is 4.90. The minimum absolute atomic E-state index is 0.0446. The zero-order valence-electron chi connectivity index (χ0n) is 14.7. The van der Waals surface area contributed by atoms with Crippen molar-refractivity contribution in [2.45, 2.75) is 37.6 Å². The fraction of sp³-hybridized carbons (Fsp3) is 0.350. The van der Waals surface area contributed by atoms with Crippen molar-refractivity contribution in [3.8, 4) is 5.75 Å². The van der Waals surface area contributed by atoms with E-state index in [1.54, 1.807) is 24.1 Å². The first-order valence-electron chi connectivity index (χ1n) is 8.01. The average Bonchev–Trinajstić information content (AvgIpc) is 2.54. The molecule has 0 radical (unpaired) electrons. The van der Waals surface area contributed by atoms with Gasteiger partial charge in [-0.3, -0.25) is 4.79 Å². The van der Waals surface area contributed by atoms with Crippen LogP contribution in [-0.2, 0) is 16.8 Å². The zero-order valence-corrected chi connectivity index (χ0v) is 15.6. The van der Waals surface area contributed by atoms with Crippen LogP contribution in [0.25, 0.3) is 0 Å². The highest BCUT2D eigenvalue weighted by Crippen LogP contribution is 2.26. The van der Waals surface area contributed by atoms with Crippen LogP contribution < -0.4 is 0 Å². The van der Waals surface area contributed by atoms with E-state index in [2.05, 4.69) is 45.0 Å². The number of aromatic hydroxyl groups is 1. The van der Waals surface area contributed by atoms with E-state index in [9.17, 15) is 9.90 Å². The van der Waals surface area contributed by atoms with Crippen LogP contribution in [0.15, 0.2) is 53.4 Å². The molecule has 2 rings (SSSR count). The van der Waals surface area contributed by atoms with Crippen molar-refractivity contribution in [2.24, 2.45) is 0 Å². The number of rotatable bonds is 5. The van der Waals surface area contributed by atoms with Crippen molar-refractivity contribution in [2.75, 3.05) is 12.8 Å². The quantitative estimate of drug-likeness (QED) is 0.816. The fourth-order valence-electron chi connectivity index (χ4n) is 2.29. The van der Waals surface area contributed by atoms with Gasteiger partial charge in [0.05, 0.1) is 5.75 Å². The SMILES string of the molecule is CN(Cc1ccccc1O)C(=O)CSc1ccc(C(C)(C)C)cc1.